The molecule has 0 spiro atoms. The fourth-order valence-electron chi connectivity index (χ4n) is 7.45. The Morgan fingerprint density at radius 3 is 2.34 bits per heavy atom. The normalized spacial score (nSPS) is 18.1. The smallest absolute Gasteiger partial charge is 0.209 e. The molecule has 3 aromatic carbocycles. The summed E-state index contributed by atoms with van der Waals surface area (Å²) >= 11 is 1.75. The summed E-state index contributed by atoms with van der Waals surface area (Å²) in [5, 5.41) is 2.77. The third-order valence-electron chi connectivity index (χ3n) is 9.96. The summed E-state index contributed by atoms with van der Waals surface area (Å²) in [6.07, 6.45) is 9.51. The highest BCUT2D eigenvalue weighted by molar-refractivity contribution is 7.13. The molecular weight excluding hydrogens is 561 g/mol. The van der Waals surface area contributed by atoms with E-state index in [4.69, 9.17) is 0 Å². The van der Waals surface area contributed by atoms with Crippen LogP contribution in [0.25, 0.3) is 22.6 Å². The van der Waals surface area contributed by atoms with Crippen LogP contribution in [0.1, 0.15) is 84.8 Å². The summed E-state index contributed by atoms with van der Waals surface area (Å²) < 4.78 is 2.37. The van der Waals surface area contributed by atoms with Gasteiger partial charge in [0.15, 0.2) is 5.71 Å². The van der Waals surface area contributed by atoms with E-state index in [1.54, 1.807) is 11.3 Å². The van der Waals surface area contributed by atoms with E-state index < -0.39 is 0 Å². The number of thiophene rings is 1. The number of nitrogens with zero attached hydrogens (tertiary/aromatic N) is 2. The van der Waals surface area contributed by atoms with E-state index >= 15 is 0 Å². The van der Waals surface area contributed by atoms with Crippen molar-refractivity contribution in [1.29, 1.82) is 0 Å². The summed E-state index contributed by atoms with van der Waals surface area (Å²) in [4.78, 5) is 31.2. The maximum absolute atomic E-state index is 13.8. The molecule has 0 radical (unpaired) electrons. The monoisotopic (exact) mass is 605 g/mol. The molecule has 1 unspecified atom stereocenters. The summed E-state index contributed by atoms with van der Waals surface area (Å²) in [6.45, 7) is 15.1. The molecular formula is C39H45N2O2S+. The van der Waals surface area contributed by atoms with Gasteiger partial charge in [-0.15, -0.1) is 11.3 Å². The molecule has 2 aliphatic heterocycles. The number of para-hydroxylation sites is 1. The van der Waals surface area contributed by atoms with Crippen molar-refractivity contribution in [3.63, 3.8) is 0 Å². The molecule has 0 saturated carbocycles. The lowest BCUT2D eigenvalue weighted by atomic mass is 9.79. The van der Waals surface area contributed by atoms with Gasteiger partial charge in [0, 0.05) is 46.7 Å². The second kappa shape index (κ2) is 11.7. The van der Waals surface area contributed by atoms with E-state index in [1.807, 2.05) is 12.2 Å². The fourth-order valence-corrected chi connectivity index (χ4v) is 8.17. The second-order valence-electron chi connectivity index (χ2n) is 13.6. The molecule has 6 rings (SSSR count). The van der Waals surface area contributed by atoms with Crippen molar-refractivity contribution in [3.05, 3.63) is 102 Å². The number of rotatable bonds is 10. The molecule has 0 amide bonds. The summed E-state index contributed by atoms with van der Waals surface area (Å²) in [7, 11) is 0. The molecule has 4 aromatic rings. The Balaban J connectivity index is 1.44. The molecule has 0 N–H and O–H groups in total. The van der Waals surface area contributed by atoms with Crippen LogP contribution in [0.4, 0.5) is 11.4 Å². The van der Waals surface area contributed by atoms with E-state index in [2.05, 4.69) is 111 Å². The minimum Gasteiger partial charge on any atom is -0.364 e. The molecule has 0 bridgehead atoms. The van der Waals surface area contributed by atoms with Crippen LogP contribution in [0.5, 0.6) is 0 Å². The molecule has 1 aromatic heterocycles. The van der Waals surface area contributed by atoms with Crippen LogP contribution in [0.2, 0.25) is 0 Å². The highest BCUT2D eigenvalue weighted by Crippen LogP contribution is 2.46. The van der Waals surface area contributed by atoms with Crippen LogP contribution < -0.4 is 26.2 Å². The van der Waals surface area contributed by atoms with Crippen molar-refractivity contribution in [2.75, 3.05) is 18.0 Å². The Labute approximate surface area is 265 Å². The van der Waals surface area contributed by atoms with Crippen LogP contribution in [0.15, 0.2) is 69.6 Å². The summed E-state index contributed by atoms with van der Waals surface area (Å²) in [5.74, 6) is 0. The molecule has 228 valence electrons. The van der Waals surface area contributed by atoms with E-state index in [0.29, 0.717) is 10.4 Å². The van der Waals surface area contributed by atoms with Crippen molar-refractivity contribution in [1.82, 2.24) is 0 Å². The molecule has 0 saturated heterocycles. The van der Waals surface area contributed by atoms with Crippen LogP contribution in [0, 0.1) is 0 Å². The largest absolute Gasteiger partial charge is 0.364 e. The highest BCUT2D eigenvalue weighted by Gasteiger charge is 2.45. The standard InChI is InChI=1S/C39H45N2O2S/c1-7-9-10-13-21-41-32-19-18-26(33-17-14-22-44-33)23-30(32)39(5,6)35(41)25-28-36(42)27(37(28)43)24-34-38(3,4)29-15-11-12-16-31(29)40(34)20-8-2/h11-12,14-19,22-25,34H,7-10,13,20-21H2,1-6H3/q+1. The van der Waals surface area contributed by atoms with Crippen molar-refractivity contribution in [2.24, 2.45) is 0 Å². The quantitative estimate of drug-likeness (QED) is 0.147. The third-order valence-corrected chi connectivity index (χ3v) is 10.9. The number of fused-ring (bicyclic) bond motifs is 2. The molecule has 44 heavy (non-hydrogen) atoms. The molecule has 5 heteroatoms. The minimum atomic E-state index is -0.340. The summed E-state index contributed by atoms with van der Waals surface area (Å²) in [6, 6.07) is 19.5. The zero-order valence-corrected chi connectivity index (χ0v) is 27.9. The number of hydrogen-bond donors (Lipinski definition) is 0. The Kier molecular flexibility index (Phi) is 8.13. The SMILES string of the molecule is CCCCCC[N+]1=C(C=c2c(=O)c(=CC3N(CCC)c4ccccc4C3(C)C)c2=O)C(C)(C)c2cc(-c3cccs3)ccc21. The van der Waals surface area contributed by atoms with Crippen LogP contribution in [-0.4, -0.2) is 29.4 Å². The van der Waals surface area contributed by atoms with Crippen molar-refractivity contribution < 1.29 is 4.58 Å². The lowest BCUT2D eigenvalue weighted by Gasteiger charge is -2.32. The van der Waals surface area contributed by atoms with Gasteiger partial charge in [0.1, 0.15) is 6.54 Å². The zero-order chi connectivity index (χ0) is 31.2. The minimum absolute atomic E-state index is 0.0464. The highest BCUT2D eigenvalue weighted by atomic mass is 32.1. The first-order valence-corrected chi connectivity index (χ1v) is 17.2. The Bertz CT molecular complexity index is 1890. The van der Waals surface area contributed by atoms with Gasteiger partial charge in [-0.1, -0.05) is 64.8 Å². The van der Waals surface area contributed by atoms with E-state index in [0.717, 1.165) is 31.6 Å². The van der Waals surface area contributed by atoms with Crippen LogP contribution in [-0.2, 0) is 10.8 Å². The Morgan fingerprint density at radius 2 is 1.64 bits per heavy atom. The van der Waals surface area contributed by atoms with Gasteiger partial charge < -0.3 is 4.90 Å². The molecule has 0 aliphatic carbocycles. The van der Waals surface area contributed by atoms with Gasteiger partial charge in [0.25, 0.3) is 0 Å². The lowest BCUT2D eigenvalue weighted by Crippen LogP contribution is -2.66. The van der Waals surface area contributed by atoms with Crippen molar-refractivity contribution in [2.45, 2.75) is 90.5 Å². The first-order valence-electron chi connectivity index (χ1n) is 16.3. The number of unbranched alkanes of at least 4 members (excludes halogenated alkanes) is 3. The molecule has 1 atom stereocenters. The predicted octanol–water partition coefficient (Wildman–Crippen LogP) is 6.81. The average Bonchev–Trinajstić information content (AvgIpc) is 3.68. The molecule has 4 nitrogen and oxygen atoms in total. The van der Waals surface area contributed by atoms with E-state index in [1.165, 1.54) is 52.2 Å². The maximum atomic E-state index is 13.8. The molecule has 0 fully saturated rings. The first-order chi connectivity index (χ1) is 21.1. The third kappa shape index (κ3) is 4.94. The second-order valence-corrected chi connectivity index (χ2v) is 14.6. The zero-order valence-electron chi connectivity index (χ0n) is 27.1. The Hall–Kier alpha value is -3.57. The van der Waals surface area contributed by atoms with Gasteiger partial charge in [-0.3, -0.25) is 9.59 Å². The number of benzene rings is 2. The lowest BCUT2D eigenvalue weighted by molar-refractivity contribution is -0.437. The van der Waals surface area contributed by atoms with Gasteiger partial charge in [0.2, 0.25) is 16.5 Å². The van der Waals surface area contributed by atoms with E-state index in [9.17, 15) is 9.59 Å². The Morgan fingerprint density at radius 1 is 0.864 bits per heavy atom. The first kappa shape index (κ1) is 30.5. The topological polar surface area (TPSA) is 40.4 Å². The van der Waals surface area contributed by atoms with Gasteiger partial charge in [-0.25, -0.2) is 0 Å². The number of anilines is 1. The van der Waals surface area contributed by atoms with Gasteiger partial charge in [-0.05, 0) is 73.5 Å². The van der Waals surface area contributed by atoms with Crippen LogP contribution in [0.3, 0.4) is 0 Å². The molecule has 3 heterocycles. The van der Waals surface area contributed by atoms with Crippen molar-refractivity contribution in [3.8, 4) is 10.4 Å². The van der Waals surface area contributed by atoms with Gasteiger partial charge in [-0.2, -0.15) is 4.58 Å². The van der Waals surface area contributed by atoms with Gasteiger partial charge in [0.05, 0.1) is 21.9 Å². The predicted molar refractivity (Wildman–Crippen MR) is 187 cm³/mol. The maximum Gasteiger partial charge on any atom is 0.209 e. The molecule has 2 aliphatic rings. The fraction of sp³-hybridized carbons (Fsp3) is 0.410. The summed E-state index contributed by atoms with van der Waals surface area (Å²) in [5.41, 5.74) is 6.38. The van der Waals surface area contributed by atoms with Crippen LogP contribution >= 0.6 is 11.3 Å². The van der Waals surface area contributed by atoms with E-state index in [-0.39, 0.29) is 27.7 Å². The van der Waals surface area contributed by atoms with Crippen molar-refractivity contribution >= 4 is 40.6 Å². The number of hydrogen-bond acceptors (Lipinski definition) is 4. The average molecular weight is 606 g/mol. The van der Waals surface area contributed by atoms with Gasteiger partial charge >= 0.3 is 0 Å².